The van der Waals surface area contributed by atoms with Crippen molar-refractivity contribution in [1.29, 1.82) is 0 Å². The molecule has 0 fully saturated rings. The van der Waals surface area contributed by atoms with Gasteiger partial charge in [0.1, 0.15) is 0 Å². The Bertz CT molecular complexity index is 1180. The molecule has 0 N–H and O–H groups in total. The number of carbonyl (C=O) groups is 1. The van der Waals surface area contributed by atoms with Crippen molar-refractivity contribution in [2.24, 2.45) is 0 Å². The van der Waals surface area contributed by atoms with Crippen molar-refractivity contribution in [1.82, 2.24) is 0 Å². The molecule has 0 aliphatic carbocycles. The Hall–Kier alpha value is -2.00. The number of aryl methyl sites for hydroxylation is 2. The predicted molar refractivity (Wildman–Crippen MR) is 174 cm³/mol. The monoisotopic (exact) mass is 592 g/mol. The van der Waals surface area contributed by atoms with Gasteiger partial charge in [0.2, 0.25) is 19.5 Å². The Kier molecular flexibility index (Phi) is 12.4. The summed E-state index contributed by atoms with van der Waals surface area (Å²) in [5.41, 5.74) is 6.06. The van der Waals surface area contributed by atoms with Gasteiger partial charge in [-0.3, -0.25) is 0 Å². The van der Waals surface area contributed by atoms with E-state index in [-0.39, 0.29) is 16.0 Å². The van der Waals surface area contributed by atoms with E-state index in [0.717, 1.165) is 30.4 Å². The molecule has 41 heavy (non-hydrogen) atoms. The minimum atomic E-state index is -0.462. The van der Waals surface area contributed by atoms with Crippen molar-refractivity contribution in [2.45, 2.75) is 124 Å². The molecule has 0 saturated heterocycles. The average Bonchev–Trinajstić information content (AvgIpc) is 2.88. The summed E-state index contributed by atoms with van der Waals surface area (Å²) in [6.45, 7) is 26.3. The number of benzene rings is 2. The zero-order valence-corrected chi connectivity index (χ0v) is 29.6. The Morgan fingerprint density at radius 2 is 1.27 bits per heavy atom. The van der Waals surface area contributed by atoms with Gasteiger partial charge in [-0.25, -0.2) is 4.79 Å². The van der Waals surface area contributed by atoms with Crippen LogP contribution in [0.15, 0.2) is 48.5 Å². The zero-order chi connectivity index (χ0) is 31.1. The molecule has 0 heterocycles. The van der Waals surface area contributed by atoms with Crippen molar-refractivity contribution in [3.05, 3.63) is 76.4 Å². The summed E-state index contributed by atoms with van der Waals surface area (Å²) >= 11 is 0. The first-order valence-corrected chi connectivity index (χ1v) is 16.7. The van der Waals surface area contributed by atoms with Crippen LogP contribution in [0.25, 0.3) is 5.57 Å². The summed E-state index contributed by atoms with van der Waals surface area (Å²) in [4.78, 5) is 12.1. The van der Waals surface area contributed by atoms with E-state index in [0.29, 0.717) is 26.1 Å². The molecule has 0 spiro atoms. The van der Waals surface area contributed by atoms with Gasteiger partial charge in [0, 0.05) is 6.08 Å². The van der Waals surface area contributed by atoms with E-state index in [1.807, 2.05) is 6.92 Å². The van der Waals surface area contributed by atoms with E-state index in [4.69, 9.17) is 13.6 Å². The van der Waals surface area contributed by atoms with Crippen LogP contribution in [0.1, 0.15) is 117 Å². The van der Waals surface area contributed by atoms with Crippen LogP contribution in [-0.2, 0) is 42.4 Å². The third kappa shape index (κ3) is 11.7. The number of allylic oxidation sites excluding steroid dienone is 1. The second-order valence-corrected chi connectivity index (χ2v) is 17.6. The molecule has 0 atom stereocenters. The topological polar surface area (TPSA) is 44.8 Å². The fourth-order valence-corrected chi connectivity index (χ4v) is 5.71. The van der Waals surface area contributed by atoms with E-state index < -0.39 is 11.2 Å². The number of hydrogen-bond acceptors (Lipinski definition) is 4. The normalized spacial score (nSPS) is 13.4. The van der Waals surface area contributed by atoms with Gasteiger partial charge in [-0.1, -0.05) is 90.9 Å². The van der Waals surface area contributed by atoms with Crippen molar-refractivity contribution in [3.8, 4) is 0 Å². The van der Waals surface area contributed by atoms with Crippen LogP contribution in [0.4, 0.5) is 0 Å². The van der Waals surface area contributed by atoms with Crippen LogP contribution in [0.2, 0.25) is 10.1 Å². The van der Waals surface area contributed by atoms with Crippen LogP contribution < -0.4 is 0 Å². The molecule has 4 nitrogen and oxygen atoms in total. The van der Waals surface area contributed by atoms with Crippen LogP contribution >= 0.6 is 0 Å². The van der Waals surface area contributed by atoms with Gasteiger partial charge in [0.15, 0.2) is 0 Å². The lowest BCUT2D eigenvalue weighted by Gasteiger charge is -2.37. The van der Waals surface area contributed by atoms with Gasteiger partial charge >= 0.3 is 5.97 Å². The standard InChI is InChI=1S/C35H52O4Si2/c1-13-27(24-31(36)37-14-2)28-17-15-16-25(22-28)18-19-26-20-21-29(34(9,10)38-40-32(3,4)5)30(23-26)35(11,12)39-41-33(6,7)8/h15-17,20-24H,13-14,18-19H2,1-12H3/b27-24+. The second kappa shape index (κ2) is 14.5. The molecular weight excluding hydrogens is 541 g/mol. The fraction of sp³-hybridized carbons (Fsp3) is 0.571. The molecule has 0 aromatic heterocycles. The smallest absolute Gasteiger partial charge is 0.331 e. The number of ether oxygens (including phenoxy) is 1. The lowest BCUT2D eigenvalue weighted by Crippen LogP contribution is -2.34. The Labute approximate surface area is 255 Å². The van der Waals surface area contributed by atoms with E-state index in [9.17, 15) is 4.79 Å². The second-order valence-electron chi connectivity index (χ2n) is 13.8. The molecule has 0 aliphatic rings. The highest BCUT2D eigenvalue weighted by atomic mass is 28.2. The molecule has 2 aromatic carbocycles. The van der Waals surface area contributed by atoms with Crippen molar-refractivity contribution in [2.75, 3.05) is 6.61 Å². The number of esters is 1. The maximum atomic E-state index is 12.1. The molecule has 0 bridgehead atoms. The summed E-state index contributed by atoms with van der Waals surface area (Å²) in [5.74, 6) is -0.283. The molecular formula is C35H52O4Si2. The minimum Gasteiger partial charge on any atom is -0.463 e. The number of rotatable bonds is 13. The first-order valence-electron chi connectivity index (χ1n) is 14.9. The number of hydrogen-bond donors (Lipinski definition) is 0. The van der Waals surface area contributed by atoms with E-state index in [1.54, 1.807) is 6.08 Å². The molecule has 0 unspecified atom stereocenters. The molecule has 224 valence electrons. The van der Waals surface area contributed by atoms with Crippen LogP contribution in [0.3, 0.4) is 0 Å². The predicted octanol–water partition coefficient (Wildman–Crippen LogP) is 9.01. The molecule has 2 aromatic rings. The fourth-order valence-electron chi connectivity index (χ4n) is 4.37. The molecule has 2 rings (SSSR count). The van der Waals surface area contributed by atoms with Crippen molar-refractivity contribution < 1.29 is 18.4 Å². The summed E-state index contributed by atoms with van der Waals surface area (Å²) in [6, 6.07) is 15.3. The van der Waals surface area contributed by atoms with Gasteiger partial charge in [-0.05, 0) is 97.3 Å². The highest BCUT2D eigenvalue weighted by molar-refractivity contribution is 6.32. The largest absolute Gasteiger partial charge is 0.463 e. The highest BCUT2D eigenvalue weighted by Crippen LogP contribution is 2.39. The average molecular weight is 593 g/mol. The van der Waals surface area contributed by atoms with Crippen molar-refractivity contribution in [3.63, 3.8) is 0 Å². The van der Waals surface area contributed by atoms with Gasteiger partial charge in [-0.15, -0.1) is 0 Å². The van der Waals surface area contributed by atoms with E-state index in [2.05, 4.69) is 119 Å². The third-order valence-corrected chi connectivity index (χ3v) is 9.02. The van der Waals surface area contributed by atoms with Gasteiger partial charge < -0.3 is 13.6 Å². The lowest BCUT2D eigenvalue weighted by molar-refractivity contribution is -0.137. The maximum Gasteiger partial charge on any atom is 0.331 e. The molecule has 0 amide bonds. The molecule has 0 saturated carbocycles. The van der Waals surface area contributed by atoms with E-state index in [1.165, 1.54) is 22.3 Å². The Morgan fingerprint density at radius 3 is 1.78 bits per heavy atom. The first kappa shape index (κ1) is 35.2. The zero-order valence-electron chi connectivity index (χ0n) is 27.6. The lowest BCUT2D eigenvalue weighted by atomic mass is 9.84. The Morgan fingerprint density at radius 1 is 0.732 bits per heavy atom. The summed E-state index contributed by atoms with van der Waals surface area (Å²) in [5, 5.41) is 0.202. The van der Waals surface area contributed by atoms with Crippen LogP contribution in [0, 0.1) is 0 Å². The minimum absolute atomic E-state index is 0.0960. The molecule has 4 radical (unpaired) electrons. The summed E-state index contributed by atoms with van der Waals surface area (Å²) in [7, 11) is 0.772. The number of carbonyl (C=O) groups excluding carboxylic acids is 1. The van der Waals surface area contributed by atoms with Gasteiger partial charge in [-0.2, -0.15) is 0 Å². The summed E-state index contributed by atoms with van der Waals surface area (Å²) in [6.07, 6.45) is 4.20. The van der Waals surface area contributed by atoms with E-state index >= 15 is 0 Å². The van der Waals surface area contributed by atoms with Crippen LogP contribution in [0.5, 0.6) is 0 Å². The molecule has 6 heteroatoms. The summed E-state index contributed by atoms with van der Waals surface area (Å²) < 4.78 is 18.3. The third-order valence-electron chi connectivity index (χ3n) is 6.57. The first-order chi connectivity index (χ1) is 18.9. The van der Waals surface area contributed by atoms with Gasteiger partial charge in [0.25, 0.3) is 0 Å². The van der Waals surface area contributed by atoms with Gasteiger partial charge in [0.05, 0.1) is 17.8 Å². The SMILES string of the molecule is CCOC(=O)/C=C(\CC)c1cccc(CCc2ccc(C(C)(C)O[Si]C(C)(C)C)c(C(C)(C)O[Si]C(C)(C)C)c2)c1. The highest BCUT2D eigenvalue weighted by Gasteiger charge is 2.34. The van der Waals surface area contributed by atoms with Crippen LogP contribution in [-0.4, -0.2) is 32.1 Å². The maximum absolute atomic E-state index is 12.1. The molecule has 0 aliphatic heterocycles. The van der Waals surface area contributed by atoms with Crippen molar-refractivity contribution >= 4 is 31.1 Å². The quantitative estimate of drug-likeness (QED) is 0.132. The Balaban J connectivity index is 2.39.